The van der Waals surface area contributed by atoms with Crippen molar-refractivity contribution in [3.05, 3.63) is 89.4 Å². The molecule has 4 aromatic rings. The van der Waals surface area contributed by atoms with Crippen LogP contribution in [0.15, 0.2) is 71.7 Å². The molecule has 0 bridgehead atoms. The SMILES string of the molecule is CC1=Nc2cc(-c3ccc4c(c3)CN(c3nc(CN(C)C)nc(C)c3-c3ccccc3)CCO4)ccc2C1. The molecule has 0 fully saturated rings. The molecule has 0 amide bonds. The molecular formula is C32H33N5O. The Hall–Kier alpha value is -4.03. The summed E-state index contributed by atoms with van der Waals surface area (Å²) in [5, 5.41) is 0. The van der Waals surface area contributed by atoms with E-state index in [9.17, 15) is 0 Å². The second-order valence-corrected chi connectivity index (χ2v) is 10.5. The smallest absolute Gasteiger partial charge is 0.144 e. The zero-order valence-electron chi connectivity index (χ0n) is 22.5. The summed E-state index contributed by atoms with van der Waals surface area (Å²) in [6, 6.07) is 23.6. The molecule has 0 unspecified atom stereocenters. The number of hydrogen-bond donors (Lipinski definition) is 0. The van der Waals surface area contributed by atoms with Gasteiger partial charge in [0.05, 0.1) is 24.5 Å². The lowest BCUT2D eigenvalue weighted by atomic mass is 9.99. The minimum Gasteiger partial charge on any atom is -0.491 e. The first-order chi connectivity index (χ1) is 18.4. The van der Waals surface area contributed by atoms with Gasteiger partial charge in [-0.05, 0) is 68.4 Å². The number of benzene rings is 3. The number of ether oxygens (including phenoxy) is 1. The summed E-state index contributed by atoms with van der Waals surface area (Å²) in [6.07, 6.45) is 0.945. The van der Waals surface area contributed by atoms with E-state index in [0.29, 0.717) is 19.7 Å². The van der Waals surface area contributed by atoms with E-state index >= 15 is 0 Å². The molecular weight excluding hydrogens is 470 g/mol. The fraction of sp³-hybridized carbons (Fsp3) is 0.281. The van der Waals surface area contributed by atoms with E-state index in [2.05, 4.69) is 84.3 Å². The fourth-order valence-electron chi connectivity index (χ4n) is 5.41. The fourth-order valence-corrected chi connectivity index (χ4v) is 5.41. The van der Waals surface area contributed by atoms with Gasteiger partial charge < -0.3 is 14.5 Å². The van der Waals surface area contributed by atoms with Gasteiger partial charge in [-0.2, -0.15) is 0 Å². The van der Waals surface area contributed by atoms with Crippen LogP contribution in [0.1, 0.15) is 29.6 Å². The highest BCUT2D eigenvalue weighted by Gasteiger charge is 2.23. The lowest BCUT2D eigenvalue weighted by Crippen LogP contribution is -2.28. The first-order valence-corrected chi connectivity index (χ1v) is 13.2. The second kappa shape index (κ2) is 10.0. The van der Waals surface area contributed by atoms with E-state index in [1.165, 1.54) is 22.4 Å². The van der Waals surface area contributed by atoms with Gasteiger partial charge in [-0.1, -0.05) is 48.5 Å². The molecule has 3 heterocycles. The minimum absolute atomic E-state index is 0.597. The summed E-state index contributed by atoms with van der Waals surface area (Å²) >= 11 is 0. The Balaban J connectivity index is 1.40. The highest BCUT2D eigenvalue weighted by Crippen LogP contribution is 2.37. The molecule has 0 radical (unpaired) electrons. The maximum atomic E-state index is 6.23. The van der Waals surface area contributed by atoms with Crippen molar-refractivity contribution < 1.29 is 4.74 Å². The zero-order chi connectivity index (χ0) is 26.2. The maximum Gasteiger partial charge on any atom is 0.144 e. The minimum atomic E-state index is 0.597. The van der Waals surface area contributed by atoms with Crippen LogP contribution in [-0.4, -0.2) is 47.8 Å². The summed E-state index contributed by atoms with van der Waals surface area (Å²) in [5.74, 6) is 2.73. The van der Waals surface area contributed by atoms with Crippen LogP contribution >= 0.6 is 0 Å². The Labute approximate surface area is 224 Å². The molecule has 0 spiro atoms. The van der Waals surface area contributed by atoms with E-state index in [1.807, 2.05) is 20.2 Å². The Morgan fingerprint density at radius 1 is 0.868 bits per heavy atom. The highest BCUT2D eigenvalue weighted by molar-refractivity contribution is 5.93. The Bertz CT molecular complexity index is 1530. The molecule has 0 aliphatic carbocycles. The van der Waals surface area contributed by atoms with Crippen molar-refractivity contribution in [2.24, 2.45) is 4.99 Å². The first-order valence-electron chi connectivity index (χ1n) is 13.2. The summed E-state index contributed by atoms with van der Waals surface area (Å²) in [5.41, 5.74) is 10.3. The van der Waals surface area contributed by atoms with Gasteiger partial charge in [-0.15, -0.1) is 0 Å². The molecule has 38 heavy (non-hydrogen) atoms. The third-order valence-corrected chi connectivity index (χ3v) is 7.15. The van der Waals surface area contributed by atoms with Crippen molar-refractivity contribution in [2.45, 2.75) is 33.4 Å². The molecule has 3 aromatic carbocycles. The van der Waals surface area contributed by atoms with Crippen LogP contribution in [0.5, 0.6) is 5.75 Å². The van der Waals surface area contributed by atoms with Crippen LogP contribution in [0.25, 0.3) is 22.3 Å². The van der Waals surface area contributed by atoms with Crippen LogP contribution in [0.3, 0.4) is 0 Å². The number of nitrogens with zero attached hydrogens (tertiary/aromatic N) is 5. The lowest BCUT2D eigenvalue weighted by molar-refractivity contribution is 0.331. The Morgan fingerprint density at radius 2 is 1.66 bits per heavy atom. The highest BCUT2D eigenvalue weighted by atomic mass is 16.5. The zero-order valence-corrected chi connectivity index (χ0v) is 22.5. The van der Waals surface area contributed by atoms with Crippen molar-refractivity contribution in [2.75, 3.05) is 32.1 Å². The maximum absolute atomic E-state index is 6.23. The van der Waals surface area contributed by atoms with Crippen LogP contribution < -0.4 is 9.64 Å². The predicted molar refractivity (Wildman–Crippen MR) is 154 cm³/mol. The topological polar surface area (TPSA) is 53.9 Å². The van der Waals surface area contributed by atoms with Crippen molar-refractivity contribution in [1.29, 1.82) is 0 Å². The van der Waals surface area contributed by atoms with Gasteiger partial charge in [0.15, 0.2) is 0 Å². The summed E-state index contributed by atoms with van der Waals surface area (Å²) in [6.45, 7) is 6.92. The van der Waals surface area contributed by atoms with Gasteiger partial charge in [-0.25, -0.2) is 9.97 Å². The lowest BCUT2D eigenvalue weighted by Gasteiger charge is -2.26. The van der Waals surface area contributed by atoms with E-state index in [4.69, 9.17) is 19.7 Å². The largest absolute Gasteiger partial charge is 0.491 e. The van der Waals surface area contributed by atoms with Gasteiger partial charge >= 0.3 is 0 Å². The van der Waals surface area contributed by atoms with Gasteiger partial charge in [0.1, 0.15) is 24.0 Å². The molecule has 6 nitrogen and oxygen atoms in total. The van der Waals surface area contributed by atoms with E-state index in [0.717, 1.165) is 58.4 Å². The van der Waals surface area contributed by atoms with Crippen LogP contribution in [-0.2, 0) is 19.5 Å². The van der Waals surface area contributed by atoms with Gasteiger partial charge in [0.2, 0.25) is 0 Å². The number of anilines is 1. The standard InChI is InChI=1S/C32H33N5O/c1-21-16-26-11-10-25(18-28(26)33-21)24-12-13-29-27(17-24)19-37(14-15-38-29)32-31(23-8-6-5-7-9-23)22(2)34-30(35-32)20-36(3)4/h5-13,17-18H,14-16,19-20H2,1-4H3. The monoisotopic (exact) mass is 503 g/mol. The summed E-state index contributed by atoms with van der Waals surface area (Å²) in [4.78, 5) is 19.2. The molecule has 0 N–H and O–H groups in total. The molecule has 6 rings (SSSR count). The quantitative estimate of drug-likeness (QED) is 0.323. The Morgan fingerprint density at radius 3 is 2.47 bits per heavy atom. The number of aliphatic imine (C=N–C) groups is 1. The molecule has 0 atom stereocenters. The van der Waals surface area contributed by atoms with Crippen molar-refractivity contribution >= 4 is 17.2 Å². The van der Waals surface area contributed by atoms with E-state index in [-0.39, 0.29) is 0 Å². The number of aromatic nitrogens is 2. The first kappa shape index (κ1) is 24.3. The normalized spacial score (nSPS) is 14.6. The summed E-state index contributed by atoms with van der Waals surface area (Å²) in [7, 11) is 4.10. The molecule has 0 saturated carbocycles. The second-order valence-electron chi connectivity index (χ2n) is 10.5. The number of rotatable bonds is 5. The molecule has 6 heteroatoms. The Kier molecular flexibility index (Phi) is 6.42. The molecule has 2 aliphatic rings. The molecule has 2 aliphatic heterocycles. The number of aryl methyl sites for hydroxylation is 1. The van der Waals surface area contributed by atoms with Crippen molar-refractivity contribution in [3.8, 4) is 28.0 Å². The third-order valence-electron chi connectivity index (χ3n) is 7.15. The van der Waals surface area contributed by atoms with Gasteiger partial charge in [0.25, 0.3) is 0 Å². The number of fused-ring (bicyclic) bond motifs is 2. The van der Waals surface area contributed by atoms with Gasteiger partial charge in [0, 0.05) is 29.8 Å². The summed E-state index contributed by atoms with van der Waals surface area (Å²) < 4.78 is 6.23. The van der Waals surface area contributed by atoms with Crippen LogP contribution in [0, 0.1) is 6.92 Å². The number of hydrogen-bond acceptors (Lipinski definition) is 6. The average molecular weight is 504 g/mol. The van der Waals surface area contributed by atoms with Crippen LogP contribution in [0.2, 0.25) is 0 Å². The molecule has 0 saturated heterocycles. The van der Waals surface area contributed by atoms with E-state index < -0.39 is 0 Å². The van der Waals surface area contributed by atoms with E-state index in [1.54, 1.807) is 0 Å². The predicted octanol–water partition coefficient (Wildman–Crippen LogP) is 6.23. The average Bonchev–Trinajstić information content (AvgIpc) is 3.14. The molecule has 1 aromatic heterocycles. The van der Waals surface area contributed by atoms with Gasteiger partial charge in [-0.3, -0.25) is 4.99 Å². The van der Waals surface area contributed by atoms with Crippen LogP contribution in [0.4, 0.5) is 11.5 Å². The third kappa shape index (κ3) is 4.79. The van der Waals surface area contributed by atoms with Crippen molar-refractivity contribution in [1.82, 2.24) is 14.9 Å². The molecule has 192 valence electrons. The van der Waals surface area contributed by atoms with Crippen molar-refractivity contribution in [3.63, 3.8) is 0 Å².